The highest BCUT2D eigenvalue weighted by Crippen LogP contribution is 2.21. The Morgan fingerprint density at radius 2 is 1.71 bits per heavy atom. The monoisotopic (exact) mass is 245 g/mol. The molecule has 0 aliphatic rings. The smallest absolute Gasteiger partial charge is 0.408 e. The Kier molecular flexibility index (Phi) is 4.98. The number of hydrogen-bond acceptors (Lipinski definition) is 3. The average Bonchev–Trinajstić information content (AvgIpc) is 1.96. The summed E-state index contributed by atoms with van der Waals surface area (Å²) < 4.78 is 5.12. The Balaban J connectivity index is 4.66. The van der Waals surface area contributed by atoms with Crippen LogP contribution in [-0.4, -0.2) is 28.3 Å². The van der Waals surface area contributed by atoms with E-state index in [9.17, 15) is 9.59 Å². The summed E-state index contributed by atoms with van der Waals surface area (Å²) in [4.78, 5) is 22.4. The van der Waals surface area contributed by atoms with Gasteiger partial charge < -0.3 is 15.2 Å². The van der Waals surface area contributed by atoms with Gasteiger partial charge in [-0.05, 0) is 33.6 Å². The number of rotatable bonds is 4. The van der Waals surface area contributed by atoms with Crippen LogP contribution in [0.2, 0.25) is 0 Å². The van der Waals surface area contributed by atoms with Gasteiger partial charge in [0.25, 0.3) is 0 Å². The summed E-state index contributed by atoms with van der Waals surface area (Å²) in [5.74, 6) is -0.955. The minimum atomic E-state index is -0.947. The van der Waals surface area contributed by atoms with Gasteiger partial charge in [0.15, 0.2) is 0 Å². The van der Waals surface area contributed by atoms with E-state index in [1.165, 1.54) is 0 Å². The third-order valence-electron chi connectivity index (χ3n) is 2.58. The first kappa shape index (κ1) is 15.7. The van der Waals surface area contributed by atoms with Crippen LogP contribution in [-0.2, 0) is 9.53 Å². The summed E-state index contributed by atoms with van der Waals surface area (Å²) in [6.07, 6.45) is -0.723. The lowest BCUT2D eigenvalue weighted by atomic mass is 9.85. The molecule has 5 heteroatoms. The number of ether oxygens (including phenoxy) is 1. The number of hydrogen-bond donors (Lipinski definition) is 2. The fourth-order valence-electron chi connectivity index (χ4n) is 1.24. The normalized spacial score (nSPS) is 15.2. The van der Waals surface area contributed by atoms with Crippen molar-refractivity contribution in [3.63, 3.8) is 0 Å². The van der Waals surface area contributed by atoms with Gasteiger partial charge in [-0.3, -0.25) is 4.79 Å². The zero-order chi connectivity index (χ0) is 13.9. The van der Waals surface area contributed by atoms with Crippen LogP contribution in [0.1, 0.15) is 48.0 Å². The molecule has 0 aromatic heterocycles. The number of amides is 1. The highest BCUT2D eigenvalue weighted by molar-refractivity contribution is 5.72. The number of aliphatic carboxylic acids is 1. The van der Waals surface area contributed by atoms with Crippen LogP contribution in [0.15, 0.2) is 0 Å². The number of carboxylic acid groups (broad SMARTS) is 1. The third-order valence-corrected chi connectivity index (χ3v) is 2.58. The molecule has 1 atom stereocenters. The van der Waals surface area contributed by atoms with Gasteiger partial charge in [0, 0.05) is 0 Å². The standard InChI is InChI=1S/C12H23NO4/c1-8(2)12(6,7-9(14)15)13-10(16)17-11(3,4)5/h8H,7H2,1-6H3,(H,13,16)(H,14,15). The van der Waals surface area contributed by atoms with Gasteiger partial charge in [-0.25, -0.2) is 4.79 Å². The molecule has 5 nitrogen and oxygen atoms in total. The second kappa shape index (κ2) is 5.38. The van der Waals surface area contributed by atoms with Crippen LogP contribution in [0, 0.1) is 5.92 Å². The average molecular weight is 245 g/mol. The van der Waals surface area contributed by atoms with Crippen LogP contribution >= 0.6 is 0 Å². The number of alkyl carbamates (subject to hydrolysis) is 1. The van der Waals surface area contributed by atoms with E-state index in [2.05, 4.69) is 5.32 Å². The van der Waals surface area contributed by atoms with E-state index in [0.29, 0.717) is 0 Å². The molecular formula is C12H23NO4. The largest absolute Gasteiger partial charge is 0.481 e. The van der Waals surface area contributed by atoms with Crippen molar-refractivity contribution in [3.8, 4) is 0 Å². The number of carbonyl (C=O) groups excluding carboxylic acids is 1. The number of nitrogens with one attached hydrogen (secondary N) is 1. The van der Waals surface area contributed by atoms with Crippen molar-refractivity contribution in [2.45, 2.75) is 59.1 Å². The Labute approximate surface area is 103 Å². The van der Waals surface area contributed by atoms with Crippen molar-refractivity contribution in [2.75, 3.05) is 0 Å². The van der Waals surface area contributed by atoms with Crippen molar-refractivity contribution in [3.05, 3.63) is 0 Å². The fraction of sp³-hybridized carbons (Fsp3) is 0.833. The summed E-state index contributed by atoms with van der Waals surface area (Å²) >= 11 is 0. The predicted molar refractivity (Wildman–Crippen MR) is 64.9 cm³/mol. The molecule has 0 heterocycles. The highest BCUT2D eigenvalue weighted by atomic mass is 16.6. The molecule has 0 saturated carbocycles. The van der Waals surface area contributed by atoms with Gasteiger partial charge in [-0.1, -0.05) is 13.8 Å². The molecule has 100 valence electrons. The van der Waals surface area contributed by atoms with E-state index < -0.39 is 23.2 Å². The molecule has 1 amide bonds. The van der Waals surface area contributed by atoms with E-state index in [1.54, 1.807) is 27.7 Å². The van der Waals surface area contributed by atoms with Gasteiger partial charge in [0.1, 0.15) is 5.60 Å². The lowest BCUT2D eigenvalue weighted by molar-refractivity contribution is -0.139. The molecule has 2 N–H and O–H groups in total. The van der Waals surface area contributed by atoms with Crippen molar-refractivity contribution >= 4 is 12.1 Å². The quantitative estimate of drug-likeness (QED) is 0.797. The molecule has 17 heavy (non-hydrogen) atoms. The van der Waals surface area contributed by atoms with Gasteiger partial charge in [0.05, 0.1) is 12.0 Å². The van der Waals surface area contributed by atoms with E-state index in [1.807, 2.05) is 13.8 Å². The maximum atomic E-state index is 11.6. The summed E-state index contributed by atoms with van der Waals surface area (Å²) in [6.45, 7) is 10.7. The Morgan fingerprint density at radius 3 is 2.00 bits per heavy atom. The van der Waals surface area contributed by atoms with E-state index in [-0.39, 0.29) is 12.3 Å². The van der Waals surface area contributed by atoms with Gasteiger partial charge >= 0.3 is 12.1 Å². The summed E-state index contributed by atoms with van der Waals surface area (Å²) in [5.41, 5.74) is -1.40. The predicted octanol–water partition coefficient (Wildman–Crippen LogP) is 2.40. The fourth-order valence-corrected chi connectivity index (χ4v) is 1.24. The molecule has 0 saturated heterocycles. The van der Waals surface area contributed by atoms with Gasteiger partial charge in [-0.15, -0.1) is 0 Å². The van der Waals surface area contributed by atoms with Crippen molar-refractivity contribution < 1.29 is 19.4 Å². The van der Waals surface area contributed by atoms with Crippen LogP contribution in [0.3, 0.4) is 0 Å². The molecule has 0 fully saturated rings. The molecule has 0 rings (SSSR count). The number of carbonyl (C=O) groups is 2. The minimum Gasteiger partial charge on any atom is -0.481 e. The molecule has 0 aromatic carbocycles. The van der Waals surface area contributed by atoms with Crippen LogP contribution < -0.4 is 5.32 Å². The minimum absolute atomic E-state index is 0.00822. The second-order valence-electron chi connectivity index (χ2n) is 5.77. The molecule has 0 bridgehead atoms. The molecule has 0 spiro atoms. The van der Waals surface area contributed by atoms with E-state index >= 15 is 0 Å². The Bertz CT molecular complexity index is 293. The maximum Gasteiger partial charge on any atom is 0.408 e. The molecular weight excluding hydrogens is 222 g/mol. The molecule has 0 radical (unpaired) electrons. The first-order chi connectivity index (χ1) is 7.46. The van der Waals surface area contributed by atoms with Gasteiger partial charge in [-0.2, -0.15) is 0 Å². The molecule has 0 aliphatic carbocycles. The highest BCUT2D eigenvalue weighted by Gasteiger charge is 2.34. The zero-order valence-electron chi connectivity index (χ0n) is 11.5. The first-order valence-electron chi connectivity index (χ1n) is 5.69. The number of carboxylic acids is 1. The summed E-state index contributed by atoms with van der Waals surface area (Å²) in [5, 5.41) is 11.5. The van der Waals surface area contributed by atoms with Crippen LogP contribution in [0.25, 0.3) is 0 Å². The summed E-state index contributed by atoms with van der Waals surface area (Å²) in [7, 11) is 0. The van der Waals surface area contributed by atoms with Crippen molar-refractivity contribution in [2.24, 2.45) is 5.92 Å². The zero-order valence-corrected chi connectivity index (χ0v) is 11.5. The molecule has 0 aromatic rings. The lowest BCUT2D eigenvalue weighted by Gasteiger charge is -2.34. The Hall–Kier alpha value is -1.26. The molecule has 1 unspecified atom stereocenters. The Morgan fingerprint density at radius 1 is 1.24 bits per heavy atom. The van der Waals surface area contributed by atoms with E-state index in [4.69, 9.17) is 9.84 Å². The molecule has 0 aliphatic heterocycles. The SMILES string of the molecule is CC(C)C(C)(CC(=O)O)NC(=O)OC(C)(C)C. The van der Waals surface area contributed by atoms with Gasteiger partial charge in [0.2, 0.25) is 0 Å². The van der Waals surface area contributed by atoms with E-state index in [0.717, 1.165) is 0 Å². The second-order valence-corrected chi connectivity index (χ2v) is 5.77. The van der Waals surface area contributed by atoms with Crippen LogP contribution in [0.4, 0.5) is 4.79 Å². The first-order valence-corrected chi connectivity index (χ1v) is 5.69. The lowest BCUT2D eigenvalue weighted by Crippen LogP contribution is -2.52. The topological polar surface area (TPSA) is 75.6 Å². The summed E-state index contributed by atoms with van der Waals surface area (Å²) in [6, 6.07) is 0. The van der Waals surface area contributed by atoms with Crippen LogP contribution in [0.5, 0.6) is 0 Å². The third kappa shape index (κ3) is 6.14. The van der Waals surface area contributed by atoms with Crippen molar-refractivity contribution in [1.29, 1.82) is 0 Å². The van der Waals surface area contributed by atoms with Crippen molar-refractivity contribution in [1.82, 2.24) is 5.32 Å². The maximum absolute atomic E-state index is 11.6.